The lowest BCUT2D eigenvalue weighted by Gasteiger charge is -2.16. The smallest absolute Gasteiger partial charge is 0.224 e. The molecule has 0 aliphatic heterocycles. The van der Waals surface area contributed by atoms with E-state index in [1.54, 1.807) is 0 Å². The molecule has 0 bridgehead atoms. The zero-order valence-electron chi connectivity index (χ0n) is 18.9. The monoisotopic (exact) mass is 425 g/mol. The molecule has 0 aliphatic rings. The number of nitrogens with zero attached hydrogens (tertiary/aromatic N) is 2. The molecule has 4 heteroatoms. The van der Waals surface area contributed by atoms with Gasteiger partial charge in [0.1, 0.15) is 5.82 Å². The SMILES string of the molecule is CCCCCn1c(C(C)NC(=O)Cc2ccc(-c3ccccc3)cc2)nc2ccccc21. The van der Waals surface area contributed by atoms with E-state index in [0.717, 1.165) is 41.0 Å². The molecule has 0 saturated heterocycles. The van der Waals surface area contributed by atoms with Crippen molar-refractivity contribution in [1.82, 2.24) is 14.9 Å². The van der Waals surface area contributed by atoms with Crippen LogP contribution in [0.1, 0.15) is 50.5 Å². The Hall–Kier alpha value is -3.40. The van der Waals surface area contributed by atoms with Crippen molar-refractivity contribution in [2.75, 3.05) is 0 Å². The number of fused-ring (bicyclic) bond motifs is 1. The third-order valence-electron chi connectivity index (χ3n) is 5.86. The molecule has 1 heterocycles. The van der Waals surface area contributed by atoms with Gasteiger partial charge >= 0.3 is 0 Å². The molecule has 0 radical (unpaired) electrons. The molecule has 1 atom stereocenters. The van der Waals surface area contributed by atoms with Crippen molar-refractivity contribution in [3.8, 4) is 11.1 Å². The van der Waals surface area contributed by atoms with Gasteiger partial charge in [-0.3, -0.25) is 4.79 Å². The van der Waals surface area contributed by atoms with Gasteiger partial charge in [0.05, 0.1) is 23.5 Å². The number of aromatic nitrogens is 2. The second kappa shape index (κ2) is 10.3. The average molecular weight is 426 g/mol. The summed E-state index contributed by atoms with van der Waals surface area (Å²) in [5.74, 6) is 0.937. The van der Waals surface area contributed by atoms with Crippen molar-refractivity contribution >= 4 is 16.9 Å². The third kappa shape index (κ3) is 5.08. The molecule has 0 aliphatic carbocycles. The fourth-order valence-corrected chi connectivity index (χ4v) is 4.17. The molecule has 1 N–H and O–H groups in total. The summed E-state index contributed by atoms with van der Waals surface area (Å²) in [7, 11) is 0. The first-order valence-corrected chi connectivity index (χ1v) is 11.5. The van der Waals surface area contributed by atoms with Gasteiger partial charge in [-0.2, -0.15) is 0 Å². The zero-order valence-corrected chi connectivity index (χ0v) is 18.9. The summed E-state index contributed by atoms with van der Waals surface area (Å²) < 4.78 is 2.27. The molecular formula is C28H31N3O. The van der Waals surface area contributed by atoms with Crippen LogP contribution in [0.3, 0.4) is 0 Å². The number of amides is 1. The van der Waals surface area contributed by atoms with Crippen LogP contribution in [0.2, 0.25) is 0 Å². The number of aryl methyl sites for hydroxylation is 1. The lowest BCUT2D eigenvalue weighted by molar-refractivity contribution is -0.121. The topological polar surface area (TPSA) is 46.9 Å². The van der Waals surface area contributed by atoms with Crippen LogP contribution < -0.4 is 5.32 Å². The molecule has 3 aromatic carbocycles. The van der Waals surface area contributed by atoms with Crippen LogP contribution in [0.15, 0.2) is 78.9 Å². The standard InChI is InChI=1S/C28H31N3O/c1-3-4-10-19-31-26-14-9-8-13-25(26)30-28(31)21(2)29-27(32)20-22-15-17-24(18-16-22)23-11-6-5-7-12-23/h5-9,11-18,21H,3-4,10,19-20H2,1-2H3,(H,29,32). The minimum Gasteiger partial charge on any atom is -0.346 e. The molecule has 4 rings (SSSR count). The molecule has 0 fully saturated rings. The Kier molecular flexibility index (Phi) is 7.00. The Labute approximate surface area is 190 Å². The predicted octanol–water partition coefficient (Wildman–Crippen LogP) is 6.31. The fourth-order valence-electron chi connectivity index (χ4n) is 4.17. The van der Waals surface area contributed by atoms with Gasteiger partial charge in [-0.1, -0.05) is 86.5 Å². The van der Waals surface area contributed by atoms with E-state index in [-0.39, 0.29) is 11.9 Å². The minimum atomic E-state index is -0.153. The molecule has 0 saturated carbocycles. The summed E-state index contributed by atoms with van der Waals surface area (Å²) in [5, 5.41) is 3.16. The Bertz CT molecular complexity index is 1160. The second-order valence-corrected chi connectivity index (χ2v) is 8.35. The highest BCUT2D eigenvalue weighted by atomic mass is 16.1. The number of hydrogen-bond donors (Lipinski definition) is 1. The summed E-state index contributed by atoms with van der Waals surface area (Å²) in [6.07, 6.45) is 3.83. The lowest BCUT2D eigenvalue weighted by atomic mass is 10.0. The third-order valence-corrected chi connectivity index (χ3v) is 5.86. The molecule has 4 aromatic rings. The van der Waals surface area contributed by atoms with E-state index >= 15 is 0 Å². The van der Waals surface area contributed by atoms with Crippen molar-refractivity contribution < 1.29 is 4.79 Å². The normalized spacial score (nSPS) is 12.1. The Balaban J connectivity index is 1.44. The average Bonchev–Trinajstić information content (AvgIpc) is 3.19. The largest absolute Gasteiger partial charge is 0.346 e. The van der Waals surface area contributed by atoms with Crippen molar-refractivity contribution in [1.29, 1.82) is 0 Å². The number of imidazole rings is 1. The van der Waals surface area contributed by atoms with Gasteiger partial charge in [0, 0.05) is 6.54 Å². The maximum absolute atomic E-state index is 12.8. The molecule has 1 unspecified atom stereocenters. The highest BCUT2D eigenvalue weighted by Gasteiger charge is 2.18. The fraction of sp³-hybridized carbons (Fsp3) is 0.286. The number of carbonyl (C=O) groups is 1. The Morgan fingerprint density at radius 2 is 1.59 bits per heavy atom. The summed E-state index contributed by atoms with van der Waals surface area (Å²) in [6, 6.07) is 26.6. The Morgan fingerprint density at radius 3 is 2.34 bits per heavy atom. The van der Waals surface area contributed by atoms with Crippen LogP contribution in [0.5, 0.6) is 0 Å². The first-order valence-electron chi connectivity index (χ1n) is 11.5. The van der Waals surface area contributed by atoms with Crippen LogP contribution in [-0.2, 0) is 17.8 Å². The number of para-hydroxylation sites is 2. The number of nitrogens with one attached hydrogen (secondary N) is 1. The molecule has 0 spiro atoms. The summed E-state index contributed by atoms with van der Waals surface area (Å²) in [6.45, 7) is 5.15. The van der Waals surface area contributed by atoms with Crippen LogP contribution in [-0.4, -0.2) is 15.5 Å². The van der Waals surface area contributed by atoms with Gasteiger partial charge < -0.3 is 9.88 Å². The number of unbranched alkanes of at least 4 members (excludes halogenated alkanes) is 2. The van der Waals surface area contributed by atoms with E-state index < -0.39 is 0 Å². The molecule has 164 valence electrons. The molecule has 4 nitrogen and oxygen atoms in total. The quantitative estimate of drug-likeness (QED) is 0.319. The first kappa shape index (κ1) is 21.8. The van der Waals surface area contributed by atoms with Gasteiger partial charge in [-0.25, -0.2) is 4.98 Å². The van der Waals surface area contributed by atoms with E-state index in [9.17, 15) is 4.79 Å². The van der Waals surface area contributed by atoms with Crippen LogP contribution in [0, 0.1) is 0 Å². The van der Waals surface area contributed by atoms with Gasteiger partial charge in [-0.15, -0.1) is 0 Å². The molecule has 32 heavy (non-hydrogen) atoms. The maximum atomic E-state index is 12.8. The first-order chi connectivity index (χ1) is 15.7. The van der Waals surface area contributed by atoms with Gasteiger partial charge in [-0.05, 0) is 42.2 Å². The number of rotatable bonds is 9. The highest BCUT2D eigenvalue weighted by Crippen LogP contribution is 2.23. The molecule has 1 aromatic heterocycles. The van der Waals surface area contributed by atoms with Crippen molar-refractivity contribution in [2.24, 2.45) is 0 Å². The van der Waals surface area contributed by atoms with Gasteiger partial charge in [0.15, 0.2) is 0 Å². The van der Waals surface area contributed by atoms with Gasteiger partial charge in [0.2, 0.25) is 5.91 Å². The lowest BCUT2D eigenvalue weighted by Crippen LogP contribution is -2.30. The highest BCUT2D eigenvalue weighted by molar-refractivity contribution is 5.80. The predicted molar refractivity (Wildman–Crippen MR) is 131 cm³/mol. The van der Waals surface area contributed by atoms with E-state index in [1.165, 1.54) is 18.4 Å². The summed E-state index contributed by atoms with van der Waals surface area (Å²) in [5.41, 5.74) is 5.46. The number of carbonyl (C=O) groups excluding carboxylic acids is 1. The van der Waals surface area contributed by atoms with Crippen molar-refractivity contribution in [2.45, 2.75) is 52.1 Å². The van der Waals surface area contributed by atoms with E-state index in [4.69, 9.17) is 4.98 Å². The zero-order chi connectivity index (χ0) is 22.3. The van der Waals surface area contributed by atoms with E-state index in [2.05, 4.69) is 47.1 Å². The Morgan fingerprint density at radius 1 is 0.906 bits per heavy atom. The van der Waals surface area contributed by atoms with E-state index in [0.29, 0.717) is 6.42 Å². The van der Waals surface area contributed by atoms with Gasteiger partial charge in [0.25, 0.3) is 0 Å². The van der Waals surface area contributed by atoms with Crippen molar-refractivity contribution in [3.63, 3.8) is 0 Å². The number of hydrogen-bond acceptors (Lipinski definition) is 2. The molecular weight excluding hydrogens is 394 g/mol. The van der Waals surface area contributed by atoms with E-state index in [1.807, 2.05) is 55.5 Å². The summed E-state index contributed by atoms with van der Waals surface area (Å²) in [4.78, 5) is 17.6. The van der Waals surface area contributed by atoms with Crippen LogP contribution in [0.4, 0.5) is 0 Å². The van der Waals surface area contributed by atoms with Crippen molar-refractivity contribution in [3.05, 3.63) is 90.3 Å². The number of benzene rings is 3. The minimum absolute atomic E-state index is 0.0112. The molecule has 1 amide bonds. The summed E-state index contributed by atoms with van der Waals surface area (Å²) >= 11 is 0. The second-order valence-electron chi connectivity index (χ2n) is 8.35. The van der Waals surface area contributed by atoms with Crippen LogP contribution in [0.25, 0.3) is 22.2 Å². The van der Waals surface area contributed by atoms with Crippen LogP contribution >= 0.6 is 0 Å². The maximum Gasteiger partial charge on any atom is 0.224 e.